The molecule has 0 aromatic heterocycles. The number of hydrogen-bond donors (Lipinski definition) is 5. The zero-order valence-corrected chi connectivity index (χ0v) is 26.5. The number of Topliss-reactive ketones (excluding diaryl/α,β-unsaturated/α-hetero) is 1. The molecule has 236 valence electrons. The van der Waals surface area contributed by atoms with Gasteiger partial charge in [0, 0.05) is 24.4 Å². The van der Waals surface area contributed by atoms with Crippen LogP contribution in [0.1, 0.15) is 84.6 Å². The molecular weight excluding hydrogens is 540 g/mol. The molecule has 0 aliphatic heterocycles. The second kappa shape index (κ2) is 15.3. The van der Waals surface area contributed by atoms with Gasteiger partial charge in [0.25, 0.3) is 0 Å². The summed E-state index contributed by atoms with van der Waals surface area (Å²) in [5.41, 5.74) is 3.25. The van der Waals surface area contributed by atoms with Crippen molar-refractivity contribution in [2.75, 3.05) is 13.2 Å². The van der Waals surface area contributed by atoms with E-state index < -0.39 is 17.1 Å². The van der Waals surface area contributed by atoms with Crippen molar-refractivity contribution in [2.24, 2.45) is 17.3 Å². The molecule has 1 spiro atoms. The zero-order chi connectivity index (χ0) is 31.8. The van der Waals surface area contributed by atoms with Crippen LogP contribution in [0.5, 0.6) is 5.75 Å². The van der Waals surface area contributed by atoms with Crippen molar-refractivity contribution >= 4 is 5.78 Å². The first-order valence-corrected chi connectivity index (χ1v) is 15.7. The summed E-state index contributed by atoms with van der Waals surface area (Å²) < 4.78 is 0. The number of carbonyl (C=O) groups excluding carboxylic acids is 1. The minimum Gasteiger partial charge on any atom is -0.508 e. The minimum atomic E-state index is -1.19. The average molecular weight is 593 g/mol. The van der Waals surface area contributed by atoms with Crippen molar-refractivity contribution < 1.29 is 30.3 Å². The Kier molecular flexibility index (Phi) is 12.3. The number of aliphatic hydroxyl groups is 4. The Hall–Kier alpha value is -2.77. The quantitative estimate of drug-likeness (QED) is 0.104. The van der Waals surface area contributed by atoms with Gasteiger partial charge < -0.3 is 25.5 Å². The molecule has 1 aromatic carbocycles. The van der Waals surface area contributed by atoms with Crippen molar-refractivity contribution in [1.82, 2.24) is 0 Å². The second-order valence-corrected chi connectivity index (χ2v) is 13.0. The van der Waals surface area contributed by atoms with E-state index in [0.717, 1.165) is 29.6 Å². The molecule has 5 N–H and O–H groups in total. The van der Waals surface area contributed by atoms with Crippen LogP contribution in [0.15, 0.2) is 83.0 Å². The van der Waals surface area contributed by atoms with E-state index in [1.54, 1.807) is 31.2 Å². The van der Waals surface area contributed by atoms with Gasteiger partial charge >= 0.3 is 0 Å². The molecule has 2 saturated carbocycles. The molecule has 2 aliphatic carbocycles. The maximum Gasteiger partial charge on any atom is 0.162 e. The highest BCUT2D eigenvalue weighted by molar-refractivity contribution is 5.97. The topological polar surface area (TPSA) is 118 Å². The summed E-state index contributed by atoms with van der Waals surface area (Å²) in [4.78, 5) is 13.5. The van der Waals surface area contributed by atoms with Gasteiger partial charge in [0.1, 0.15) is 5.75 Å². The van der Waals surface area contributed by atoms with Gasteiger partial charge in [-0.3, -0.25) is 4.79 Å². The number of rotatable bonds is 13. The highest BCUT2D eigenvalue weighted by atomic mass is 16.3. The molecule has 2 fully saturated rings. The van der Waals surface area contributed by atoms with E-state index in [0.29, 0.717) is 49.7 Å². The summed E-state index contributed by atoms with van der Waals surface area (Å²) in [5.74, 6) is -0.518. The molecule has 2 aliphatic rings. The highest BCUT2D eigenvalue weighted by Crippen LogP contribution is 2.63. The maximum atomic E-state index is 13.5. The number of carbonyl (C=O) groups is 1. The molecule has 43 heavy (non-hydrogen) atoms. The first kappa shape index (κ1) is 34.7. The largest absolute Gasteiger partial charge is 0.508 e. The fraction of sp³-hybridized carbons (Fsp3) is 0.541. The van der Waals surface area contributed by atoms with Crippen LogP contribution >= 0.6 is 0 Å². The van der Waals surface area contributed by atoms with Gasteiger partial charge in [0.15, 0.2) is 5.78 Å². The Balaban J connectivity index is 1.93. The van der Waals surface area contributed by atoms with Crippen molar-refractivity contribution in [3.05, 3.63) is 88.6 Å². The predicted molar refractivity (Wildman–Crippen MR) is 172 cm³/mol. The lowest BCUT2D eigenvalue weighted by Gasteiger charge is -2.55. The smallest absolute Gasteiger partial charge is 0.162 e. The molecule has 3 rings (SSSR count). The van der Waals surface area contributed by atoms with Crippen LogP contribution < -0.4 is 0 Å². The van der Waals surface area contributed by atoms with E-state index in [2.05, 4.69) is 26.5 Å². The third-order valence-corrected chi connectivity index (χ3v) is 9.88. The van der Waals surface area contributed by atoms with Gasteiger partial charge in [-0.25, -0.2) is 0 Å². The van der Waals surface area contributed by atoms with Crippen LogP contribution in [-0.2, 0) is 11.2 Å². The molecule has 0 saturated heterocycles. The van der Waals surface area contributed by atoms with Gasteiger partial charge in [-0.1, -0.05) is 59.7 Å². The number of benzene rings is 1. The number of phenolic OH excluding ortho intramolecular Hbond substituents is 1. The maximum absolute atomic E-state index is 13.5. The van der Waals surface area contributed by atoms with Gasteiger partial charge in [-0.2, -0.15) is 0 Å². The number of ketones is 1. The first-order valence-electron chi connectivity index (χ1n) is 15.7. The van der Waals surface area contributed by atoms with Crippen LogP contribution in [0.25, 0.3) is 0 Å². The van der Waals surface area contributed by atoms with Crippen molar-refractivity contribution in [3.63, 3.8) is 0 Å². The lowest BCUT2D eigenvalue weighted by Crippen LogP contribution is -2.59. The Morgan fingerprint density at radius 2 is 1.81 bits per heavy atom. The fourth-order valence-corrected chi connectivity index (χ4v) is 7.40. The molecule has 0 heterocycles. The highest BCUT2D eigenvalue weighted by Gasteiger charge is 2.64. The SMILES string of the molecule is C=C(/C=C/C=C(/CO)[C@H]1CC[C@@]2([C@H](CCCO)/C(=C(\C)C(=O)Cc3ccc(O)cc3)CC[C@@]2(C)O)[C@@H]1O)CCC=C(C)C. The summed E-state index contributed by atoms with van der Waals surface area (Å²) in [6, 6.07) is 6.61. The van der Waals surface area contributed by atoms with Crippen molar-refractivity contribution in [3.8, 4) is 5.75 Å². The molecule has 0 amide bonds. The summed E-state index contributed by atoms with van der Waals surface area (Å²) in [5, 5.41) is 53.8. The fourth-order valence-electron chi connectivity index (χ4n) is 7.40. The molecule has 1 aromatic rings. The molecule has 0 bridgehead atoms. The van der Waals surface area contributed by atoms with Gasteiger partial charge in [-0.15, -0.1) is 0 Å². The number of hydrogen-bond acceptors (Lipinski definition) is 6. The molecule has 0 unspecified atom stereocenters. The minimum absolute atomic E-state index is 0.0217. The first-order chi connectivity index (χ1) is 20.4. The standard InChI is InChI=1S/C37H52O6/c1-25(2)9-6-10-26(3)11-7-12-29(24-39)32-19-21-37(35(32)42)33(13-8-22-38)31(18-20-36(37,5)43)27(4)34(41)23-28-14-16-30(40)17-15-28/h7,9,11-12,14-17,32-33,35,38-40,42-43H,3,6,8,10,13,18-24H2,1-2,4-5H3/b11-7+,29-12-,31-27+/t32-,33-,35-,36-,37-/m1/s1. The number of aromatic hydroxyl groups is 1. The predicted octanol–water partition coefficient (Wildman–Crippen LogP) is 6.29. The van der Waals surface area contributed by atoms with Gasteiger partial charge in [-0.05, 0) is 114 Å². The number of allylic oxidation sites excluding steroid dienone is 8. The average Bonchev–Trinajstić information content (AvgIpc) is 3.30. The van der Waals surface area contributed by atoms with E-state index in [4.69, 9.17) is 0 Å². The van der Waals surface area contributed by atoms with E-state index in [9.17, 15) is 30.3 Å². The summed E-state index contributed by atoms with van der Waals surface area (Å²) in [7, 11) is 0. The van der Waals surface area contributed by atoms with Crippen molar-refractivity contribution in [1.29, 1.82) is 0 Å². The molecule has 0 radical (unpaired) electrons. The third-order valence-electron chi connectivity index (χ3n) is 9.88. The summed E-state index contributed by atoms with van der Waals surface area (Å²) in [6.45, 7) is 11.7. The summed E-state index contributed by atoms with van der Waals surface area (Å²) in [6.07, 6.45) is 12.0. The van der Waals surface area contributed by atoms with Gasteiger partial charge in [0.2, 0.25) is 0 Å². The Bertz CT molecular complexity index is 1240. The van der Waals surface area contributed by atoms with Crippen LogP contribution in [0, 0.1) is 17.3 Å². The normalized spacial score (nSPS) is 28.8. The lowest BCUT2D eigenvalue weighted by molar-refractivity contribution is -0.167. The Morgan fingerprint density at radius 1 is 1.12 bits per heavy atom. The third kappa shape index (κ3) is 8.04. The molecule has 5 atom stereocenters. The van der Waals surface area contributed by atoms with E-state index in [1.165, 1.54) is 5.57 Å². The number of phenols is 1. The molecule has 6 nitrogen and oxygen atoms in total. The number of aliphatic hydroxyl groups excluding tert-OH is 3. The Labute approximate surface area is 257 Å². The summed E-state index contributed by atoms with van der Waals surface area (Å²) >= 11 is 0. The molecular formula is C37H52O6. The van der Waals surface area contributed by atoms with Gasteiger partial charge in [0.05, 0.1) is 18.3 Å². The van der Waals surface area contributed by atoms with Crippen LogP contribution in [0.2, 0.25) is 0 Å². The van der Waals surface area contributed by atoms with Crippen LogP contribution in [-0.4, -0.2) is 56.2 Å². The zero-order valence-electron chi connectivity index (χ0n) is 26.5. The van der Waals surface area contributed by atoms with E-state index >= 15 is 0 Å². The molecule has 6 heteroatoms. The van der Waals surface area contributed by atoms with Crippen LogP contribution in [0.4, 0.5) is 0 Å². The van der Waals surface area contributed by atoms with Crippen LogP contribution in [0.3, 0.4) is 0 Å². The Morgan fingerprint density at radius 3 is 2.44 bits per heavy atom. The van der Waals surface area contributed by atoms with E-state index in [1.807, 2.05) is 25.2 Å². The van der Waals surface area contributed by atoms with E-state index in [-0.39, 0.29) is 43.0 Å². The lowest BCUT2D eigenvalue weighted by atomic mass is 9.52. The second-order valence-electron chi connectivity index (χ2n) is 13.0. The van der Waals surface area contributed by atoms with Crippen molar-refractivity contribution in [2.45, 2.75) is 97.2 Å². The monoisotopic (exact) mass is 592 g/mol.